The summed E-state index contributed by atoms with van der Waals surface area (Å²) in [5, 5.41) is 3.36. The second-order valence-electron chi connectivity index (χ2n) is 6.19. The molecule has 1 saturated heterocycles. The van der Waals surface area contributed by atoms with Gasteiger partial charge in [0.05, 0.1) is 0 Å². The van der Waals surface area contributed by atoms with E-state index in [4.69, 9.17) is 0 Å². The SMILES string of the molecule is CC1CCN(C(=O)CC2CCNCC2)c2ccccc21. The Morgan fingerprint density at radius 1 is 1.25 bits per heavy atom. The number of carbonyl (C=O) groups excluding carboxylic acids is 1. The van der Waals surface area contributed by atoms with Gasteiger partial charge in [-0.15, -0.1) is 0 Å². The molecule has 0 radical (unpaired) electrons. The Kier molecular flexibility index (Phi) is 4.06. The summed E-state index contributed by atoms with van der Waals surface area (Å²) in [7, 11) is 0. The predicted octanol–water partition coefficient (Wildman–Crippen LogP) is 2.92. The van der Waals surface area contributed by atoms with Crippen LogP contribution in [0.15, 0.2) is 24.3 Å². The van der Waals surface area contributed by atoms with E-state index >= 15 is 0 Å². The first kappa shape index (κ1) is 13.6. The van der Waals surface area contributed by atoms with E-state index in [1.54, 1.807) is 0 Å². The van der Waals surface area contributed by atoms with Gasteiger partial charge in [-0.05, 0) is 55.8 Å². The van der Waals surface area contributed by atoms with Gasteiger partial charge in [-0.2, -0.15) is 0 Å². The fourth-order valence-electron chi connectivity index (χ4n) is 3.45. The van der Waals surface area contributed by atoms with Crippen molar-refractivity contribution in [3.63, 3.8) is 0 Å². The van der Waals surface area contributed by atoms with Crippen LogP contribution in [-0.4, -0.2) is 25.5 Å². The maximum atomic E-state index is 12.6. The Bertz CT molecular complexity index is 480. The molecule has 1 N–H and O–H groups in total. The number of carbonyl (C=O) groups is 1. The molecule has 1 aromatic carbocycles. The Labute approximate surface area is 121 Å². The molecule has 2 aliphatic heterocycles. The van der Waals surface area contributed by atoms with Gasteiger partial charge in [-0.1, -0.05) is 25.1 Å². The van der Waals surface area contributed by atoms with Gasteiger partial charge in [0, 0.05) is 18.7 Å². The average molecular weight is 272 g/mol. The Hall–Kier alpha value is -1.35. The van der Waals surface area contributed by atoms with Gasteiger partial charge in [-0.25, -0.2) is 0 Å². The number of hydrogen-bond donors (Lipinski definition) is 1. The largest absolute Gasteiger partial charge is 0.317 e. The number of piperidine rings is 1. The van der Waals surface area contributed by atoms with Crippen LogP contribution in [0.1, 0.15) is 44.1 Å². The van der Waals surface area contributed by atoms with E-state index in [-0.39, 0.29) is 0 Å². The lowest BCUT2D eigenvalue weighted by Crippen LogP contribution is -2.38. The summed E-state index contributed by atoms with van der Waals surface area (Å²) in [4.78, 5) is 14.7. The quantitative estimate of drug-likeness (QED) is 0.898. The third-order valence-electron chi connectivity index (χ3n) is 4.77. The van der Waals surface area contributed by atoms with Gasteiger partial charge in [0.15, 0.2) is 0 Å². The van der Waals surface area contributed by atoms with Gasteiger partial charge in [0.25, 0.3) is 0 Å². The van der Waals surface area contributed by atoms with Crippen LogP contribution in [0.2, 0.25) is 0 Å². The van der Waals surface area contributed by atoms with Crippen LogP contribution < -0.4 is 10.2 Å². The summed E-state index contributed by atoms with van der Waals surface area (Å²) in [6.45, 7) is 5.26. The van der Waals surface area contributed by atoms with Crippen LogP contribution >= 0.6 is 0 Å². The van der Waals surface area contributed by atoms with E-state index in [2.05, 4.69) is 30.4 Å². The maximum absolute atomic E-state index is 12.6. The molecule has 2 heterocycles. The van der Waals surface area contributed by atoms with Crippen molar-refractivity contribution < 1.29 is 4.79 Å². The molecule has 0 spiro atoms. The van der Waals surface area contributed by atoms with E-state index in [0.29, 0.717) is 24.2 Å². The van der Waals surface area contributed by atoms with Crippen molar-refractivity contribution in [1.82, 2.24) is 5.32 Å². The first-order valence-corrected chi connectivity index (χ1v) is 7.85. The lowest BCUT2D eigenvalue weighted by Gasteiger charge is -2.34. The van der Waals surface area contributed by atoms with Crippen molar-refractivity contribution in [3.05, 3.63) is 29.8 Å². The van der Waals surface area contributed by atoms with Crippen molar-refractivity contribution in [2.45, 2.75) is 38.5 Å². The van der Waals surface area contributed by atoms with E-state index in [0.717, 1.165) is 44.6 Å². The highest BCUT2D eigenvalue weighted by molar-refractivity contribution is 5.94. The van der Waals surface area contributed by atoms with Gasteiger partial charge in [0.2, 0.25) is 5.91 Å². The van der Waals surface area contributed by atoms with Gasteiger partial charge >= 0.3 is 0 Å². The molecule has 3 nitrogen and oxygen atoms in total. The molecular weight excluding hydrogens is 248 g/mol. The van der Waals surface area contributed by atoms with Crippen LogP contribution in [-0.2, 0) is 4.79 Å². The fourth-order valence-corrected chi connectivity index (χ4v) is 3.45. The third-order valence-corrected chi connectivity index (χ3v) is 4.77. The zero-order valence-corrected chi connectivity index (χ0v) is 12.3. The summed E-state index contributed by atoms with van der Waals surface area (Å²) in [6.07, 6.45) is 4.06. The van der Waals surface area contributed by atoms with Crippen LogP contribution in [0.4, 0.5) is 5.69 Å². The number of hydrogen-bond acceptors (Lipinski definition) is 2. The Balaban J connectivity index is 1.73. The molecule has 108 valence electrons. The number of nitrogens with zero attached hydrogens (tertiary/aromatic N) is 1. The van der Waals surface area contributed by atoms with E-state index in [9.17, 15) is 4.79 Å². The molecule has 0 bridgehead atoms. The highest BCUT2D eigenvalue weighted by atomic mass is 16.2. The molecule has 3 heteroatoms. The number of benzene rings is 1. The highest BCUT2D eigenvalue weighted by Gasteiger charge is 2.27. The predicted molar refractivity (Wildman–Crippen MR) is 82.0 cm³/mol. The summed E-state index contributed by atoms with van der Waals surface area (Å²) in [6, 6.07) is 8.40. The van der Waals surface area contributed by atoms with E-state index < -0.39 is 0 Å². The summed E-state index contributed by atoms with van der Waals surface area (Å²) < 4.78 is 0. The van der Waals surface area contributed by atoms with Crippen molar-refractivity contribution in [2.75, 3.05) is 24.5 Å². The molecule has 3 rings (SSSR count). The Morgan fingerprint density at radius 3 is 2.80 bits per heavy atom. The monoisotopic (exact) mass is 272 g/mol. The number of nitrogens with one attached hydrogen (secondary N) is 1. The smallest absolute Gasteiger partial charge is 0.227 e. The lowest BCUT2D eigenvalue weighted by molar-refractivity contribution is -0.119. The molecule has 20 heavy (non-hydrogen) atoms. The number of anilines is 1. The minimum Gasteiger partial charge on any atom is -0.317 e. The minimum absolute atomic E-state index is 0.316. The minimum atomic E-state index is 0.316. The lowest BCUT2D eigenvalue weighted by atomic mass is 9.90. The summed E-state index contributed by atoms with van der Waals surface area (Å²) in [5.41, 5.74) is 2.47. The number of rotatable bonds is 2. The first-order valence-electron chi connectivity index (χ1n) is 7.85. The zero-order chi connectivity index (χ0) is 13.9. The normalized spacial score (nSPS) is 23.4. The highest BCUT2D eigenvalue weighted by Crippen LogP contribution is 2.35. The van der Waals surface area contributed by atoms with E-state index in [1.165, 1.54) is 5.56 Å². The molecule has 0 saturated carbocycles. The molecular formula is C17H24N2O. The molecule has 1 amide bonds. The van der Waals surface area contributed by atoms with Crippen LogP contribution in [0.3, 0.4) is 0 Å². The van der Waals surface area contributed by atoms with Gasteiger partial charge in [-0.3, -0.25) is 4.79 Å². The molecule has 0 aliphatic carbocycles. The van der Waals surface area contributed by atoms with Crippen LogP contribution in [0.5, 0.6) is 0 Å². The van der Waals surface area contributed by atoms with Crippen molar-refractivity contribution in [2.24, 2.45) is 5.92 Å². The first-order chi connectivity index (χ1) is 9.75. The summed E-state index contributed by atoms with van der Waals surface area (Å²) >= 11 is 0. The third kappa shape index (κ3) is 2.73. The molecule has 1 fully saturated rings. The number of para-hydroxylation sites is 1. The van der Waals surface area contributed by atoms with Gasteiger partial charge < -0.3 is 10.2 Å². The number of fused-ring (bicyclic) bond motifs is 1. The molecule has 1 unspecified atom stereocenters. The second kappa shape index (κ2) is 5.96. The molecule has 1 atom stereocenters. The van der Waals surface area contributed by atoms with Crippen molar-refractivity contribution >= 4 is 11.6 Å². The average Bonchev–Trinajstić information content (AvgIpc) is 2.49. The van der Waals surface area contributed by atoms with Crippen LogP contribution in [0.25, 0.3) is 0 Å². The topological polar surface area (TPSA) is 32.3 Å². The number of amides is 1. The van der Waals surface area contributed by atoms with Crippen molar-refractivity contribution in [1.29, 1.82) is 0 Å². The summed E-state index contributed by atoms with van der Waals surface area (Å²) in [5.74, 6) is 1.45. The fraction of sp³-hybridized carbons (Fsp3) is 0.588. The van der Waals surface area contributed by atoms with Gasteiger partial charge in [0.1, 0.15) is 0 Å². The molecule has 1 aromatic rings. The Morgan fingerprint density at radius 2 is 2.00 bits per heavy atom. The maximum Gasteiger partial charge on any atom is 0.227 e. The second-order valence-corrected chi connectivity index (χ2v) is 6.19. The molecule has 2 aliphatic rings. The zero-order valence-electron chi connectivity index (χ0n) is 12.3. The van der Waals surface area contributed by atoms with Crippen molar-refractivity contribution in [3.8, 4) is 0 Å². The van der Waals surface area contributed by atoms with Crippen LogP contribution in [0, 0.1) is 5.92 Å². The standard InChI is InChI=1S/C17H24N2O/c1-13-8-11-19(16-5-3-2-4-15(13)16)17(20)12-14-6-9-18-10-7-14/h2-5,13-14,18H,6-12H2,1H3. The van der Waals surface area contributed by atoms with E-state index in [1.807, 2.05) is 11.0 Å². The molecule has 0 aromatic heterocycles.